The van der Waals surface area contributed by atoms with Crippen LogP contribution in [0.1, 0.15) is 44.2 Å². The predicted molar refractivity (Wildman–Crippen MR) is 66.5 cm³/mol. The first-order chi connectivity index (χ1) is 7.59. The van der Waals surface area contributed by atoms with Gasteiger partial charge >= 0.3 is 5.97 Å². The van der Waals surface area contributed by atoms with E-state index in [9.17, 15) is 4.79 Å². The molecule has 3 nitrogen and oxygen atoms in total. The standard InChI is InChI=1S/C12H16BrNO2/c1-9(5-2-3-8-12(15)16)10-6-4-7-11(13)14-10/h4,6-7,9H,2-3,5,8H2,1H3,(H,15,16). The molecule has 1 aromatic heterocycles. The molecule has 1 rings (SSSR count). The van der Waals surface area contributed by atoms with Crippen LogP contribution in [0.25, 0.3) is 0 Å². The van der Waals surface area contributed by atoms with Crippen LogP contribution in [0.4, 0.5) is 0 Å². The lowest BCUT2D eigenvalue weighted by atomic mass is 9.99. The molecule has 1 unspecified atom stereocenters. The zero-order chi connectivity index (χ0) is 12.0. The van der Waals surface area contributed by atoms with E-state index in [4.69, 9.17) is 5.11 Å². The van der Waals surface area contributed by atoms with Crippen LogP contribution in [0, 0.1) is 0 Å². The molecule has 0 radical (unpaired) electrons. The quantitative estimate of drug-likeness (QED) is 0.642. The highest BCUT2D eigenvalue weighted by Gasteiger charge is 2.07. The average Bonchev–Trinajstić information content (AvgIpc) is 2.24. The van der Waals surface area contributed by atoms with Crippen molar-refractivity contribution in [3.8, 4) is 0 Å². The molecule has 0 aliphatic carbocycles. The van der Waals surface area contributed by atoms with Crippen molar-refractivity contribution in [2.75, 3.05) is 0 Å². The number of halogens is 1. The van der Waals surface area contributed by atoms with E-state index in [1.165, 1.54) is 0 Å². The van der Waals surface area contributed by atoms with Gasteiger partial charge in [0.1, 0.15) is 4.60 Å². The molecule has 0 spiro atoms. The number of nitrogens with zero attached hydrogens (tertiary/aromatic N) is 1. The Morgan fingerprint density at radius 3 is 2.88 bits per heavy atom. The molecule has 1 N–H and O–H groups in total. The summed E-state index contributed by atoms with van der Waals surface area (Å²) in [5.41, 5.74) is 1.06. The van der Waals surface area contributed by atoms with Crippen molar-refractivity contribution in [3.05, 3.63) is 28.5 Å². The van der Waals surface area contributed by atoms with Crippen LogP contribution in [-0.4, -0.2) is 16.1 Å². The highest BCUT2D eigenvalue weighted by atomic mass is 79.9. The van der Waals surface area contributed by atoms with Crippen LogP contribution in [-0.2, 0) is 4.79 Å². The molecule has 4 heteroatoms. The number of carbonyl (C=O) groups is 1. The first-order valence-electron chi connectivity index (χ1n) is 5.44. The number of unbranched alkanes of at least 4 members (excludes halogenated alkanes) is 1. The maximum Gasteiger partial charge on any atom is 0.303 e. The fourth-order valence-electron chi connectivity index (χ4n) is 1.57. The molecule has 1 aromatic rings. The maximum atomic E-state index is 10.3. The fourth-order valence-corrected chi connectivity index (χ4v) is 1.93. The van der Waals surface area contributed by atoms with Gasteiger partial charge in [0.2, 0.25) is 0 Å². The molecule has 0 bridgehead atoms. The number of pyridine rings is 1. The Kier molecular flexibility index (Phi) is 5.46. The molecular formula is C12H16BrNO2. The van der Waals surface area contributed by atoms with Crippen molar-refractivity contribution in [2.45, 2.75) is 38.5 Å². The van der Waals surface area contributed by atoms with Crippen LogP contribution in [0.15, 0.2) is 22.8 Å². The minimum absolute atomic E-state index is 0.263. The lowest BCUT2D eigenvalue weighted by Gasteiger charge is -2.10. The van der Waals surface area contributed by atoms with Gasteiger partial charge in [-0.1, -0.05) is 19.4 Å². The topological polar surface area (TPSA) is 50.2 Å². The summed E-state index contributed by atoms with van der Waals surface area (Å²) < 4.78 is 0.849. The van der Waals surface area contributed by atoms with Gasteiger partial charge in [0.05, 0.1) is 0 Å². The summed E-state index contributed by atoms with van der Waals surface area (Å²) in [6.07, 6.45) is 2.92. The molecule has 88 valence electrons. The first kappa shape index (κ1) is 13.2. The van der Waals surface area contributed by atoms with Gasteiger partial charge in [-0.2, -0.15) is 0 Å². The van der Waals surface area contributed by atoms with Gasteiger partial charge in [0.25, 0.3) is 0 Å². The number of hydrogen-bond acceptors (Lipinski definition) is 2. The number of carboxylic acid groups (broad SMARTS) is 1. The fraction of sp³-hybridized carbons (Fsp3) is 0.500. The van der Waals surface area contributed by atoms with Crippen LogP contribution >= 0.6 is 15.9 Å². The maximum absolute atomic E-state index is 10.3. The normalized spacial score (nSPS) is 12.4. The van der Waals surface area contributed by atoms with Gasteiger partial charge in [-0.3, -0.25) is 4.79 Å². The Morgan fingerprint density at radius 2 is 2.25 bits per heavy atom. The Morgan fingerprint density at radius 1 is 1.50 bits per heavy atom. The molecule has 0 saturated heterocycles. The van der Waals surface area contributed by atoms with Crippen molar-refractivity contribution in [1.82, 2.24) is 4.98 Å². The van der Waals surface area contributed by atoms with Gasteiger partial charge in [0.15, 0.2) is 0 Å². The number of aromatic nitrogens is 1. The Bertz CT molecular complexity index is 355. The second-order valence-corrected chi connectivity index (χ2v) is 4.74. The summed E-state index contributed by atoms with van der Waals surface area (Å²) >= 11 is 3.34. The number of carboxylic acids is 1. The van der Waals surface area contributed by atoms with Crippen LogP contribution in [0.5, 0.6) is 0 Å². The monoisotopic (exact) mass is 285 g/mol. The molecule has 0 aliphatic heterocycles. The van der Waals surface area contributed by atoms with E-state index >= 15 is 0 Å². The highest BCUT2D eigenvalue weighted by Crippen LogP contribution is 2.21. The second-order valence-electron chi connectivity index (χ2n) is 3.93. The summed E-state index contributed by atoms with van der Waals surface area (Å²) in [5.74, 6) is -0.334. The second kappa shape index (κ2) is 6.63. The smallest absolute Gasteiger partial charge is 0.303 e. The van der Waals surface area contributed by atoms with E-state index in [1.807, 2.05) is 18.2 Å². The summed E-state index contributed by atoms with van der Waals surface area (Å²) in [6.45, 7) is 2.12. The summed E-state index contributed by atoms with van der Waals surface area (Å²) in [4.78, 5) is 14.7. The molecule has 16 heavy (non-hydrogen) atoms. The third kappa shape index (κ3) is 4.75. The van der Waals surface area contributed by atoms with E-state index < -0.39 is 5.97 Å². The van der Waals surface area contributed by atoms with E-state index in [2.05, 4.69) is 27.8 Å². The minimum Gasteiger partial charge on any atom is -0.481 e. The van der Waals surface area contributed by atoms with Gasteiger partial charge in [0, 0.05) is 12.1 Å². The number of hydrogen-bond donors (Lipinski definition) is 1. The third-order valence-corrected chi connectivity index (χ3v) is 2.96. The largest absolute Gasteiger partial charge is 0.481 e. The van der Waals surface area contributed by atoms with Crippen molar-refractivity contribution >= 4 is 21.9 Å². The molecule has 0 saturated carbocycles. The van der Waals surface area contributed by atoms with Crippen LogP contribution in [0.3, 0.4) is 0 Å². The molecular weight excluding hydrogens is 270 g/mol. The number of rotatable bonds is 6. The van der Waals surface area contributed by atoms with Gasteiger partial charge in [-0.15, -0.1) is 0 Å². The Balaban J connectivity index is 2.35. The molecule has 1 atom stereocenters. The summed E-state index contributed by atoms with van der Waals surface area (Å²) in [6, 6.07) is 5.88. The van der Waals surface area contributed by atoms with Crippen LogP contribution in [0.2, 0.25) is 0 Å². The molecule has 1 heterocycles. The van der Waals surface area contributed by atoms with E-state index in [-0.39, 0.29) is 6.42 Å². The minimum atomic E-state index is -0.715. The average molecular weight is 286 g/mol. The van der Waals surface area contributed by atoms with Crippen molar-refractivity contribution in [2.24, 2.45) is 0 Å². The van der Waals surface area contributed by atoms with E-state index in [1.54, 1.807) is 0 Å². The Labute approximate surface area is 104 Å². The molecule has 0 fully saturated rings. The lowest BCUT2D eigenvalue weighted by Crippen LogP contribution is -1.99. The number of aliphatic carboxylic acids is 1. The molecule has 0 aliphatic rings. The Hall–Kier alpha value is -0.900. The highest BCUT2D eigenvalue weighted by molar-refractivity contribution is 9.10. The predicted octanol–water partition coefficient (Wildman–Crippen LogP) is 3.59. The molecule has 0 aromatic carbocycles. The van der Waals surface area contributed by atoms with Crippen molar-refractivity contribution in [1.29, 1.82) is 0 Å². The van der Waals surface area contributed by atoms with E-state index in [0.29, 0.717) is 5.92 Å². The zero-order valence-electron chi connectivity index (χ0n) is 9.32. The van der Waals surface area contributed by atoms with Gasteiger partial charge in [-0.05, 0) is 46.8 Å². The summed E-state index contributed by atoms with van der Waals surface area (Å²) in [5, 5.41) is 8.51. The lowest BCUT2D eigenvalue weighted by molar-refractivity contribution is -0.137. The van der Waals surface area contributed by atoms with Gasteiger partial charge in [-0.25, -0.2) is 4.98 Å². The van der Waals surface area contributed by atoms with Crippen LogP contribution < -0.4 is 0 Å². The molecule has 0 amide bonds. The van der Waals surface area contributed by atoms with Crippen molar-refractivity contribution in [3.63, 3.8) is 0 Å². The zero-order valence-corrected chi connectivity index (χ0v) is 10.9. The van der Waals surface area contributed by atoms with Crippen molar-refractivity contribution < 1.29 is 9.90 Å². The summed E-state index contributed by atoms with van der Waals surface area (Å²) in [7, 11) is 0. The van der Waals surface area contributed by atoms with Gasteiger partial charge < -0.3 is 5.11 Å². The third-order valence-electron chi connectivity index (χ3n) is 2.52. The van der Waals surface area contributed by atoms with E-state index in [0.717, 1.165) is 29.6 Å². The SMILES string of the molecule is CC(CCCCC(=O)O)c1cccc(Br)n1. The first-order valence-corrected chi connectivity index (χ1v) is 6.23.